The van der Waals surface area contributed by atoms with Crippen LogP contribution in [0.3, 0.4) is 0 Å². The van der Waals surface area contributed by atoms with Crippen LogP contribution in [0.5, 0.6) is 0 Å². The molecule has 1 aromatic rings. The van der Waals surface area contributed by atoms with Crippen LogP contribution in [-0.4, -0.2) is 24.5 Å². The molecule has 1 aliphatic heterocycles. The molecule has 3 nitrogen and oxygen atoms in total. The van der Waals surface area contributed by atoms with Gasteiger partial charge in [0.05, 0.1) is 0 Å². The van der Waals surface area contributed by atoms with Gasteiger partial charge in [-0.3, -0.25) is 4.79 Å². The van der Waals surface area contributed by atoms with Crippen molar-refractivity contribution >= 4 is 5.91 Å². The van der Waals surface area contributed by atoms with Gasteiger partial charge in [0.1, 0.15) is 0 Å². The van der Waals surface area contributed by atoms with E-state index in [-0.39, 0.29) is 11.9 Å². The van der Waals surface area contributed by atoms with E-state index in [1.807, 2.05) is 30.3 Å². The zero-order valence-corrected chi connectivity index (χ0v) is 9.57. The summed E-state index contributed by atoms with van der Waals surface area (Å²) in [6, 6.07) is 9.99. The first-order chi connectivity index (χ1) is 7.77. The minimum atomic E-state index is 0.0288. The van der Waals surface area contributed by atoms with Crippen molar-refractivity contribution in [3.63, 3.8) is 0 Å². The van der Waals surface area contributed by atoms with E-state index in [9.17, 15) is 4.79 Å². The largest absolute Gasteiger partial charge is 0.348 e. The zero-order valence-electron chi connectivity index (χ0n) is 9.57. The Morgan fingerprint density at radius 3 is 2.81 bits per heavy atom. The fourth-order valence-corrected chi connectivity index (χ4v) is 2.08. The molecular weight excluding hydrogens is 200 g/mol. The Morgan fingerprint density at radius 1 is 1.38 bits per heavy atom. The molecule has 2 atom stereocenters. The van der Waals surface area contributed by atoms with E-state index in [4.69, 9.17) is 0 Å². The molecule has 0 unspecified atom stereocenters. The summed E-state index contributed by atoms with van der Waals surface area (Å²) in [5.74, 6) is 0.0288. The van der Waals surface area contributed by atoms with Gasteiger partial charge in [-0.1, -0.05) is 18.2 Å². The summed E-state index contributed by atoms with van der Waals surface area (Å²) in [6.07, 6.45) is 2.19. The van der Waals surface area contributed by atoms with Gasteiger partial charge in [0, 0.05) is 17.6 Å². The molecule has 86 valence electrons. The molecule has 1 aliphatic rings. The fourth-order valence-electron chi connectivity index (χ4n) is 2.08. The number of benzene rings is 1. The van der Waals surface area contributed by atoms with Gasteiger partial charge < -0.3 is 10.6 Å². The van der Waals surface area contributed by atoms with E-state index in [1.165, 1.54) is 0 Å². The number of carbonyl (C=O) groups excluding carboxylic acids is 1. The monoisotopic (exact) mass is 218 g/mol. The summed E-state index contributed by atoms with van der Waals surface area (Å²) in [6.45, 7) is 3.17. The molecule has 0 bridgehead atoms. The van der Waals surface area contributed by atoms with Crippen molar-refractivity contribution in [1.29, 1.82) is 0 Å². The third kappa shape index (κ3) is 2.61. The van der Waals surface area contributed by atoms with Gasteiger partial charge in [0.2, 0.25) is 0 Å². The third-order valence-electron chi connectivity index (χ3n) is 3.11. The van der Waals surface area contributed by atoms with Crippen molar-refractivity contribution in [2.75, 3.05) is 6.54 Å². The molecule has 1 heterocycles. The van der Waals surface area contributed by atoms with Crippen molar-refractivity contribution in [3.8, 4) is 0 Å². The molecule has 1 aromatic carbocycles. The summed E-state index contributed by atoms with van der Waals surface area (Å²) in [7, 11) is 0. The summed E-state index contributed by atoms with van der Waals surface area (Å²) in [5.41, 5.74) is 0.736. The topological polar surface area (TPSA) is 41.1 Å². The van der Waals surface area contributed by atoms with Crippen LogP contribution in [0, 0.1) is 0 Å². The van der Waals surface area contributed by atoms with Gasteiger partial charge >= 0.3 is 0 Å². The van der Waals surface area contributed by atoms with Crippen LogP contribution in [0.2, 0.25) is 0 Å². The van der Waals surface area contributed by atoms with Gasteiger partial charge in [0.15, 0.2) is 0 Å². The van der Waals surface area contributed by atoms with Gasteiger partial charge in [0.25, 0.3) is 5.91 Å². The lowest BCUT2D eigenvalue weighted by Crippen LogP contribution is -2.51. The lowest BCUT2D eigenvalue weighted by molar-refractivity contribution is 0.0920. The summed E-state index contributed by atoms with van der Waals surface area (Å²) < 4.78 is 0. The molecular formula is C13H18N2O. The Hall–Kier alpha value is -1.35. The first kappa shape index (κ1) is 11.1. The summed E-state index contributed by atoms with van der Waals surface area (Å²) in [4.78, 5) is 11.9. The Balaban J connectivity index is 1.96. The van der Waals surface area contributed by atoms with E-state index in [2.05, 4.69) is 17.6 Å². The summed E-state index contributed by atoms with van der Waals surface area (Å²) >= 11 is 0. The Bertz CT molecular complexity index is 350. The highest BCUT2D eigenvalue weighted by molar-refractivity contribution is 5.94. The molecule has 0 aliphatic carbocycles. The molecule has 1 saturated heterocycles. The highest BCUT2D eigenvalue weighted by Crippen LogP contribution is 2.09. The van der Waals surface area contributed by atoms with Gasteiger partial charge in [-0.15, -0.1) is 0 Å². The normalized spacial score (nSPS) is 25.1. The number of carbonyl (C=O) groups is 1. The molecule has 0 spiro atoms. The number of nitrogens with one attached hydrogen (secondary N) is 2. The predicted octanol–water partition coefficient (Wildman–Crippen LogP) is 1.56. The standard InChI is InChI=1S/C13H18N2O/c1-10-12(8-5-9-14-10)15-13(16)11-6-3-2-4-7-11/h2-4,6-7,10,12,14H,5,8-9H2,1H3,(H,15,16)/t10-,12-/m0/s1. The Labute approximate surface area is 96.2 Å². The molecule has 1 fully saturated rings. The minimum absolute atomic E-state index is 0.0288. The first-order valence-electron chi connectivity index (χ1n) is 5.86. The second-order valence-corrected chi connectivity index (χ2v) is 4.33. The van der Waals surface area contributed by atoms with Crippen molar-refractivity contribution in [2.24, 2.45) is 0 Å². The average molecular weight is 218 g/mol. The Kier molecular flexibility index (Phi) is 3.57. The molecule has 0 radical (unpaired) electrons. The van der Waals surface area contributed by atoms with Crippen molar-refractivity contribution < 1.29 is 4.79 Å². The molecule has 2 N–H and O–H groups in total. The third-order valence-corrected chi connectivity index (χ3v) is 3.11. The maximum Gasteiger partial charge on any atom is 0.251 e. The molecule has 0 saturated carbocycles. The zero-order chi connectivity index (χ0) is 11.4. The molecule has 2 rings (SSSR count). The maximum absolute atomic E-state index is 11.9. The highest BCUT2D eigenvalue weighted by atomic mass is 16.1. The average Bonchev–Trinajstić information content (AvgIpc) is 2.33. The quantitative estimate of drug-likeness (QED) is 0.791. The van der Waals surface area contributed by atoms with Gasteiger partial charge in [-0.25, -0.2) is 0 Å². The minimum Gasteiger partial charge on any atom is -0.348 e. The SMILES string of the molecule is C[C@@H]1NCCC[C@@H]1NC(=O)c1ccccc1. The highest BCUT2D eigenvalue weighted by Gasteiger charge is 2.22. The van der Waals surface area contributed by atoms with Gasteiger partial charge in [-0.05, 0) is 38.4 Å². The molecule has 16 heavy (non-hydrogen) atoms. The van der Waals surface area contributed by atoms with Crippen molar-refractivity contribution in [1.82, 2.24) is 10.6 Å². The molecule has 1 amide bonds. The van der Waals surface area contributed by atoms with Gasteiger partial charge in [-0.2, -0.15) is 0 Å². The second-order valence-electron chi connectivity index (χ2n) is 4.33. The first-order valence-corrected chi connectivity index (χ1v) is 5.86. The van der Waals surface area contributed by atoms with Crippen molar-refractivity contribution in [2.45, 2.75) is 31.8 Å². The number of hydrogen-bond donors (Lipinski definition) is 2. The van der Waals surface area contributed by atoms with Crippen LogP contribution >= 0.6 is 0 Å². The number of amides is 1. The van der Waals surface area contributed by atoms with Crippen LogP contribution in [-0.2, 0) is 0 Å². The lowest BCUT2D eigenvalue weighted by atomic mass is 9.99. The molecule has 3 heteroatoms. The van der Waals surface area contributed by atoms with Crippen molar-refractivity contribution in [3.05, 3.63) is 35.9 Å². The van der Waals surface area contributed by atoms with E-state index in [0.29, 0.717) is 6.04 Å². The van der Waals surface area contributed by atoms with Crippen LogP contribution < -0.4 is 10.6 Å². The maximum atomic E-state index is 11.9. The number of rotatable bonds is 2. The van der Waals surface area contributed by atoms with Crippen LogP contribution in [0.1, 0.15) is 30.1 Å². The number of piperidine rings is 1. The molecule has 0 aromatic heterocycles. The lowest BCUT2D eigenvalue weighted by Gasteiger charge is -2.30. The Morgan fingerprint density at radius 2 is 2.12 bits per heavy atom. The second kappa shape index (κ2) is 5.12. The van der Waals surface area contributed by atoms with E-state index in [1.54, 1.807) is 0 Å². The summed E-state index contributed by atoms with van der Waals surface area (Å²) in [5, 5.41) is 6.46. The van der Waals surface area contributed by atoms with Crippen LogP contribution in [0.15, 0.2) is 30.3 Å². The van der Waals surface area contributed by atoms with Crippen LogP contribution in [0.4, 0.5) is 0 Å². The fraction of sp³-hybridized carbons (Fsp3) is 0.462. The smallest absolute Gasteiger partial charge is 0.251 e. The van der Waals surface area contributed by atoms with E-state index < -0.39 is 0 Å². The van der Waals surface area contributed by atoms with E-state index in [0.717, 1.165) is 24.9 Å². The number of hydrogen-bond acceptors (Lipinski definition) is 2. The predicted molar refractivity (Wildman–Crippen MR) is 64.4 cm³/mol. The van der Waals surface area contributed by atoms with E-state index >= 15 is 0 Å². The van der Waals surface area contributed by atoms with Crippen LogP contribution in [0.25, 0.3) is 0 Å².